The van der Waals surface area contributed by atoms with E-state index in [4.69, 9.17) is 0 Å². The number of hydrogen-bond acceptors (Lipinski definition) is 0. The molecule has 0 bridgehead atoms. The molecule has 0 amide bonds. The second-order valence-electron chi connectivity index (χ2n) is 9.48. The number of aromatic nitrogens is 2. The van der Waals surface area contributed by atoms with E-state index >= 15 is 0 Å². The van der Waals surface area contributed by atoms with Crippen LogP contribution < -0.4 is 9.13 Å². The summed E-state index contributed by atoms with van der Waals surface area (Å²) in [5.74, 6) is 0. The van der Waals surface area contributed by atoms with Gasteiger partial charge in [0.15, 0.2) is 11.6 Å². The molecule has 3 aromatic carbocycles. The minimum Gasteiger partial charge on any atom is -0.204 e. The molecule has 5 aromatic rings. The van der Waals surface area contributed by atoms with Crippen molar-refractivity contribution in [2.45, 2.75) is 26.2 Å². The molecule has 2 heterocycles. The molecule has 0 aliphatic rings. The van der Waals surface area contributed by atoms with Crippen molar-refractivity contribution in [2.75, 3.05) is 0 Å². The van der Waals surface area contributed by atoms with E-state index in [1.165, 1.54) is 50.1 Å². The van der Waals surface area contributed by atoms with Crippen molar-refractivity contribution in [2.24, 2.45) is 14.1 Å². The molecule has 2 nitrogen and oxygen atoms in total. The summed E-state index contributed by atoms with van der Waals surface area (Å²) in [4.78, 5) is 0. The minimum atomic E-state index is -0.381. The molecule has 0 saturated heterocycles. The van der Waals surface area contributed by atoms with Gasteiger partial charge >= 0.3 is 0 Å². The van der Waals surface area contributed by atoms with Gasteiger partial charge in [0.1, 0.15) is 14.1 Å². The van der Waals surface area contributed by atoms with Crippen molar-refractivity contribution < 1.29 is 9.13 Å². The van der Waals surface area contributed by atoms with E-state index in [1.54, 1.807) is 0 Å². The second-order valence-corrected chi connectivity index (χ2v) is 9.48. The van der Waals surface area contributed by atoms with Gasteiger partial charge in [0, 0.05) is 23.8 Å². The Morgan fingerprint density at radius 2 is 1.32 bits per heavy atom. The monoisotopic (exact) mass is 444 g/mol. The summed E-state index contributed by atoms with van der Waals surface area (Å²) in [7, 11) is 4.38. The summed E-state index contributed by atoms with van der Waals surface area (Å²) in [5, 5.41) is 2.53. The van der Waals surface area contributed by atoms with Crippen LogP contribution in [0.25, 0.3) is 22.0 Å². The highest BCUT2D eigenvalue weighted by atomic mass is 15.0. The molecular formula is C32H32N2+2. The first-order chi connectivity index (χ1) is 16.4. The highest BCUT2D eigenvalue weighted by Crippen LogP contribution is 2.41. The number of pyridine rings is 2. The molecule has 5 rings (SSSR count). The van der Waals surface area contributed by atoms with Crippen LogP contribution in [0.2, 0.25) is 0 Å². The molecule has 1 atom stereocenters. The number of benzene rings is 3. The lowest BCUT2D eigenvalue weighted by Crippen LogP contribution is -2.50. The number of nitrogens with zero attached hydrogens (tertiary/aromatic N) is 2. The number of hydrogen-bond donors (Lipinski definition) is 0. The van der Waals surface area contributed by atoms with Crippen molar-refractivity contribution in [3.63, 3.8) is 0 Å². The zero-order valence-corrected chi connectivity index (χ0v) is 20.7. The molecule has 0 aliphatic heterocycles. The van der Waals surface area contributed by atoms with E-state index in [0.29, 0.717) is 0 Å². The van der Waals surface area contributed by atoms with Crippen LogP contribution >= 0.6 is 0 Å². The Morgan fingerprint density at radius 3 is 2.06 bits per heavy atom. The third kappa shape index (κ3) is 3.42. The highest BCUT2D eigenvalue weighted by molar-refractivity contribution is 5.88. The summed E-state index contributed by atoms with van der Waals surface area (Å²) in [6.07, 6.45) is 2.15. The Morgan fingerprint density at radius 1 is 0.676 bits per heavy atom. The maximum Gasteiger partial charge on any atom is 0.213 e. The van der Waals surface area contributed by atoms with Gasteiger partial charge in [-0.2, -0.15) is 4.57 Å². The molecule has 0 spiro atoms. The normalized spacial score (nSPS) is 13.1. The van der Waals surface area contributed by atoms with Gasteiger partial charge in [-0.05, 0) is 55.0 Å². The molecule has 0 radical (unpaired) electrons. The van der Waals surface area contributed by atoms with Crippen LogP contribution in [-0.4, -0.2) is 0 Å². The zero-order chi connectivity index (χ0) is 23.9. The second kappa shape index (κ2) is 8.53. The first-order valence-electron chi connectivity index (χ1n) is 11.9. The lowest BCUT2D eigenvalue weighted by Gasteiger charge is -2.28. The first-order valence-corrected chi connectivity index (χ1v) is 11.9. The molecular weight excluding hydrogens is 412 g/mol. The van der Waals surface area contributed by atoms with Gasteiger partial charge in [-0.25, -0.2) is 4.57 Å². The Balaban J connectivity index is 1.98. The maximum atomic E-state index is 2.42. The third-order valence-corrected chi connectivity index (χ3v) is 7.35. The molecule has 0 N–H and O–H groups in total. The Hall–Kier alpha value is -3.78. The summed E-state index contributed by atoms with van der Waals surface area (Å²) in [5.41, 5.74) is 8.55. The lowest BCUT2D eigenvalue weighted by molar-refractivity contribution is -0.691. The van der Waals surface area contributed by atoms with Gasteiger partial charge in [0.25, 0.3) is 0 Å². The predicted octanol–water partition coefficient (Wildman–Crippen LogP) is 6.13. The molecule has 34 heavy (non-hydrogen) atoms. The predicted molar refractivity (Wildman–Crippen MR) is 140 cm³/mol. The average Bonchev–Trinajstić information content (AvgIpc) is 2.84. The smallest absolute Gasteiger partial charge is 0.204 e. The van der Waals surface area contributed by atoms with Gasteiger partial charge in [-0.1, -0.05) is 66.7 Å². The van der Waals surface area contributed by atoms with Gasteiger partial charge in [-0.15, -0.1) is 0 Å². The van der Waals surface area contributed by atoms with E-state index in [9.17, 15) is 0 Å². The highest BCUT2D eigenvalue weighted by Gasteiger charge is 2.47. The summed E-state index contributed by atoms with van der Waals surface area (Å²) in [6.45, 7) is 6.81. The SMILES string of the molecule is Cc1ccccc1-c1cc2ccccc2c(C(C)(c2ccccc2C)c2cccc[n+]2C)[n+]1C. The minimum absolute atomic E-state index is 0.381. The van der Waals surface area contributed by atoms with Gasteiger partial charge in [-0.3, -0.25) is 0 Å². The van der Waals surface area contributed by atoms with Crippen molar-refractivity contribution >= 4 is 10.8 Å². The van der Waals surface area contributed by atoms with Crippen molar-refractivity contribution in [1.29, 1.82) is 0 Å². The zero-order valence-electron chi connectivity index (χ0n) is 20.7. The van der Waals surface area contributed by atoms with Crippen LogP contribution in [0.1, 0.15) is 35.0 Å². The van der Waals surface area contributed by atoms with Crippen molar-refractivity contribution in [3.8, 4) is 11.3 Å². The molecule has 168 valence electrons. The molecule has 1 unspecified atom stereocenters. The number of aryl methyl sites for hydroxylation is 3. The molecule has 0 fully saturated rings. The maximum absolute atomic E-state index is 2.42. The molecule has 0 aliphatic carbocycles. The average molecular weight is 445 g/mol. The van der Waals surface area contributed by atoms with Crippen molar-refractivity contribution in [1.82, 2.24) is 0 Å². The summed E-state index contributed by atoms with van der Waals surface area (Å²) < 4.78 is 4.69. The quantitative estimate of drug-likeness (QED) is 0.295. The van der Waals surface area contributed by atoms with Crippen molar-refractivity contribution in [3.05, 3.63) is 131 Å². The summed E-state index contributed by atoms with van der Waals surface area (Å²) in [6, 6.07) is 35.1. The van der Waals surface area contributed by atoms with E-state index in [1.807, 2.05) is 0 Å². The molecule has 2 heteroatoms. The first kappa shape index (κ1) is 22.0. The van der Waals surface area contributed by atoms with E-state index in [0.717, 1.165) is 0 Å². The van der Waals surface area contributed by atoms with E-state index < -0.39 is 0 Å². The topological polar surface area (TPSA) is 7.76 Å². The van der Waals surface area contributed by atoms with Gasteiger partial charge in [0.2, 0.25) is 17.1 Å². The third-order valence-electron chi connectivity index (χ3n) is 7.35. The molecule has 2 aromatic heterocycles. The fourth-order valence-electron chi connectivity index (χ4n) is 5.67. The van der Waals surface area contributed by atoms with E-state index in [-0.39, 0.29) is 5.41 Å². The Labute approximate surface area is 202 Å². The van der Waals surface area contributed by atoms with Gasteiger partial charge in [0.05, 0.1) is 5.39 Å². The van der Waals surface area contributed by atoms with Crippen LogP contribution in [0, 0.1) is 13.8 Å². The largest absolute Gasteiger partial charge is 0.213 e. The summed E-state index contributed by atoms with van der Waals surface area (Å²) >= 11 is 0. The van der Waals surface area contributed by atoms with Crippen LogP contribution in [0.5, 0.6) is 0 Å². The van der Waals surface area contributed by atoms with Crippen LogP contribution in [-0.2, 0) is 19.5 Å². The van der Waals surface area contributed by atoms with E-state index in [2.05, 4.69) is 147 Å². The number of rotatable bonds is 4. The lowest BCUT2D eigenvalue weighted by atomic mass is 9.72. The van der Waals surface area contributed by atoms with Crippen LogP contribution in [0.3, 0.4) is 0 Å². The fourth-order valence-corrected chi connectivity index (χ4v) is 5.67. The van der Waals surface area contributed by atoms with Crippen LogP contribution in [0.15, 0.2) is 103 Å². The number of fused-ring (bicyclic) bond motifs is 1. The molecule has 0 saturated carbocycles. The Kier molecular flexibility index (Phi) is 5.53. The standard InChI is InChI=1S/C32H32N2/c1-23-14-6-9-17-26(23)29-22-25-16-8-10-18-27(25)31(34(29)5)32(3,28-19-11-7-15-24(28)2)30-20-12-13-21-33(30)4/h6-22H,1-5H3/q+2. The van der Waals surface area contributed by atoms with Crippen LogP contribution in [0.4, 0.5) is 0 Å². The fraction of sp³-hybridized carbons (Fsp3) is 0.188. The van der Waals surface area contributed by atoms with Gasteiger partial charge < -0.3 is 0 Å². The Bertz CT molecular complexity index is 1470.